The molecule has 0 aromatic carbocycles. The van der Waals surface area contributed by atoms with Crippen LogP contribution in [0.25, 0.3) is 0 Å². The summed E-state index contributed by atoms with van der Waals surface area (Å²) in [5.74, 6) is -1.05. The average molecular weight is 1020 g/mol. The Balaban J connectivity index is 4.46. The summed E-state index contributed by atoms with van der Waals surface area (Å²) < 4.78 is 16.7. The van der Waals surface area contributed by atoms with Gasteiger partial charge < -0.3 is 14.2 Å². The molecule has 0 aromatic rings. The Bertz CT molecular complexity index is 1740. The number of hydrogen-bond donors (Lipinski definition) is 0. The average Bonchev–Trinajstić information content (AvgIpc) is 3.40. The molecule has 0 aliphatic carbocycles. The summed E-state index contributed by atoms with van der Waals surface area (Å²) in [4.78, 5) is 38.1. The SMILES string of the molecule is CC/C=C\C/C=C\C/C=C\C/C=C\C/C=C\C/C=C\C/C=C\CCCCCCCC(=O)OCC(COC(=O)CCCCCCC/C=C\CCC)OC(=O)CC/C=C\C/C=C\C/C=C\C/C=C\C/C=C\C/C=C\CC. The van der Waals surface area contributed by atoms with E-state index in [1.807, 2.05) is 12.2 Å². The molecule has 0 rings (SSSR count). The minimum atomic E-state index is -0.839. The first-order valence-corrected chi connectivity index (χ1v) is 29.1. The van der Waals surface area contributed by atoms with Gasteiger partial charge in [0.15, 0.2) is 6.10 Å². The minimum absolute atomic E-state index is 0.127. The quantitative estimate of drug-likeness (QED) is 0.0261. The third-order valence-electron chi connectivity index (χ3n) is 11.4. The van der Waals surface area contributed by atoms with Crippen molar-refractivity contribution in [1.29, 1.82) is 0 Å². The van der Waals surface area contributed by atoms with Gasteiger partial charge in [0.25, 0.3) is 0 Å². The van der Waals surface area contributed by atoms with Crippen molar-refractivity contribution in [2.24, 2.45) is 0 Å². The Morgan fingerprint density at radius 1 is 0.284 bits per heavy atom. The van der Waals surface area contributed by atoms with Gasteiger partial charge >= 0.3 is 17.9 Å². The largest absolute Gasteiger partial charge is 0.462 e. The number of carbonyl (C=O) groups is 3. The van der Waals surface area contributed by atoms with Gasteiger partial charge in [-0.1, -0.05) is 236 Å². The monoisotopic (exact) mass is 1020 g/mol. The molecule has 0 spiro atoms. The van der Waals surface area contributed by atoms with Crippen LogP contribution in [0.5, 0.6) is 0 Å². The first-order valence-electron chi connectivity index (χ1n) is 29.1. The van der Waals surface area contributed by atoms with Crippen molar-refractivity contribution < 1.29 is 28.6 Å². The van der Waals surface area contributed by atoms with E-state index in [2.05, 4.69) is 179 Å². The maximum atomic E-state index is 12.8. The fourth-order valence-electron chi connectivity index (χ4n) is 7.15. The number of carbonyl (C=O) groups excluding carboxylic acids is 3. The Kier molecular flexibility index (Phi) is 56.1. The Labute approximate surface area is 453 Å². The summed E-state index contributed by atoms with van der Waals surface area (Å²) in [6, 6.07) is 0. The van der Waals surface area contributed by atoms with Crippen molar-refractivity contribution in [3.8, 4) is 0 Å². The van der Waals surface area contributed by atoms with Crippen LogP contribution in [0.3, 0.4) is 0 Å². The second-order valence-electron chi connectivity index (χ2n) is 18.4. The standard InChI is InChI=1S/C68H104O6/c1-4-7-10-13-16-19-22-24-26-28-30-31-32-33-34-35-36-37-39-40-42-44-46-49-52-55-58-61-67(70)73-64-65(63-72-66(69)60-57-54-51-48-21-18-15-12-9-6-3)74-68(71)62-59-56-53-50-47-45-43-41-38-29-27-25-23-20-17-14-11-8-5-2/h7-8,10-12,15-17,19-20,24-27,30-31,33-34,36-38,40-42,45,47,53,56,65H,4-6,9,13-14,18,21-23,28-29,32,35,39,43-44,46,48-52,54-55,57-64H2,1-3H3/b10-7-,11-8-,15-12-,19-16-,20-17-,26-24-,27-25-,31-30-,34-33-,37-36-,41-38-,42-40-,47-45-,56-53-. The van der Waals surface area contributed by atoms with Gasteiger partial charge in [0.05, 0.1) is 0 Å². The van der Waals surface area contributed by atoms with Gasteiger partial charge in [-0.3, -0.25) is 14.4 Å². The third-order valence-corrected chi connectivity index (χ3v) is 11.4. The second-order valence-corrected chi connectivity index (χ2v) is 18.4. The van der Waals surface area contributed by atoms with Crippen LogP contribution >= 0.6 is 0 Å². The molecule has 412 valence electrons. The van der Waals surface area contributed by atoms with E-state index in [1.54, 1.807) is 0 Å². The molecule has 74 heavy (non-hydrogen) atoms. The first-order chi connectivity index (χ1) is 36.5. The lowest BCUT2D eigenvalue weighted by molar-refractivity contribution is -0.166. The van der Waals surface area contributed by atoms with Crippen LogP contribution in [0.1, 0.15) is 220 Å². The van der Waals surface area contributed by atoms with Crippen LogP contribution in [0.4, 0.5) is 0 Å². The molecule has 0 N–H and O–H groups in total. The van der Waals surface area contributed by atoms with Crippen LogP contribution in [0, 0.1) is 0 Å². The van der Waals surface area contributed by atoms with Crippen molar-refractivity contribution >= 4 is 17.9 Å². The van der Waals surface area contributed by atoms with Crippen molar-refractivity contribution in [2.45, 2.75) is 226 Å². The summed E-state index contributed by atoms with van der Waals surface area (Å²) in [5.41, 5.74) is 0. The van der Waals surface area contributed by atoms with Crippen LogP contribution in [0.2, 0.25) is 0 Å². The topological polar surface area (TPSA) is 78.9 Å². The van der Waals surface area contributed by atoms with Gasteiger partial charge in [0, 0.05) is 19.3 Å². The predicted octanol–water partition coefficient (Wildman–Crippen LogP) is 19.9. The highest BCUT2D eigenvalue weighted by molar-refractivity contribution is 5.71. The summed E-state index contributed by atoms with van der Waals surface area (Å²) in [6.45, 7) is 6.24. The normalized spacial score (nSPS) is 13.4. The van der Waals surface area contributed by atoms with Crippen molar-refractivity contribution in [3.05, 3.63) is 170 Å². The number of ether oxygens (including phenoxy) is 3. The molecule has 0 aliphatic rings. The molecule has 1 unspecified atom stereocenters. The van der Waals surface area contributed by atoms with E-state index in [1.165, 1.54) is 12.8 Å². The van der Waals surface area contributed by atoms with Gasteiger partial charge in [-0.25, -0.2) is 0 Å². The Morgan fingerprint density at radius 3 is 0.892 bits per heavy atom. The van der Waals surface area contributed by atoms with Gasteiger partial charge in [-0.05, 0) is 135 Å². The zero-order valence-corrected chi connectivity index (χ0v) is 47.0. The lowest BCUT2D eigenvalue weighted by Gasteiger charge is -2.18. The molecule has 6 heteroatoms. The fraction of sp³-hybridized carbons (Fsp3) is 0.544. The molecule has 0 heterocycles. The van der Waals surface area contributed by atoms with Crippen molar-refractivity contribution in [1.82, 2.24) is 0 Å². The van der Waals surface area contributed by atoms with Crippen LogP contribution in [-0.4, -0.2) is 37.2 Å². The smallest absolute Gasteiger partial charge is 0.306 e. The maximum Gasteiger partial charge on any atom is 0.306 e. The second kappa shape index (κ2) is 60.3. The summed E-state index contributed by atoms with van der Waals surface area (Å²) in [5, 5.41) is 0. The van der Waals surface area contributed by atoms with Crippen molar-refractivity contribution in [3.63, 3.8) is 0 Å². The number of hydrogen-bond acceptors (Lipinski definition) is 6. The summed E-state index contributed by atoms with van der Waals surface area (Å²) in [6.07, 6.45) is 89.4. The van der Waals surface area contributed by atoms with Gasteiger partial charge in [-0.2, -0.15) is 0 Å². The molecule has 0 bridgehead atoms. The molecule has 0 saturated heterocycles. The molecule has 6 nitrogen and oxygen atoms in total. The number of esters is 3. The molecular weight excluding hydrogens is 913 g/mol. The molecule has 0 fully saturated rings. The highest BCUT2D eigenvalue weighted by Crippen LogP contribution is 2.12. The molecule has 1 atom stereocenters. The minimum Gasteiger partial charge on any atom is -0.462 e. The fourth-order valence-corrected chi connectivity index (χ4v) is 7.15. The molecule has 0 aliphatic heterocycles. The van der Waals surface area contributed by atoms with Crippen LogP contribution in [0.15, 0.2) is 170 Å². The molecule has 0 radical (unpaired) electrons. The maximum absolute atomic E-state index is 12.8. The Morgan fingerprint density at radius 2 is 0.554 bits per heavy atom. The van der Waals surface area contributed by atoms with Crippen LogP contribution < -0.4 is 0 Å². The zero-order valence-electron chi connectivity index (χ0n) is 47.0. The van der Waals surface area contributed by atoms with E-state index in [0.29, 0.717) is 19.3 Å². The number of unbranched alkanes of at least 4 members (excludes halogenated alkanes) is 11. The Hall–Kier alpha value is -5.23. The molecule has 0 saturated carbocycles. The van der Waals surface area contributed by atoms with E-state index in [4.69, 9.17) is 14.2 Å². The van der Waals surface area contributed by atoms with Crippen LogP contribution in [-0.2, 0) is 28.6 Å². The van der Waals surface area contributed by atoms with E-state index in [9.17, 15) is 14.4 Å². The number of allylic oxidation sites excluding steroid dienone is 28. The third kappa shape index (κ3) is 57.7. The van der Waals surface area contributed by atoms with E-state index in [-0.39, 0.29) is 31.6 Å². The van der Waals surface area contributed by atoms with Gasteiger partial charge in [-0.15, -0.1) is 0 Å². The van der Waals surface area contributed by atoms with Gasteiger partial charge in [0.1, 0.15) is 13.2 Å². The lowest BCUT2D eigenvalue weighted by atomic mass is 10.1. The summed E-state index contributed by atoms with van der Waals surface area (Å²) >= 11 is 0. The molecular formula is C68H104O6. The zero-order chi connectivity index (χ0) is 53.6. The lowest BCUT2D eigenvalue weighted by Crippen LogP contribution is -2.30. The molecule has 0 aromatic heterocycles. The van der Waals surface area contributed by atoms with E-state index >= 15 is 0 Å². The van der Waals surface area contributed by atoms with Crippen molar-refractivity contribution in [2.75, 3.05) is 13.2 Å². The first kappa shape index (κ1) is 68.8. The van der Waals surface area contributed by atoms with Gasteiger partial charge in [0.2, 0.25) is 0 Å². The van der Waals surface area contributed by atoms with E-state index < -0.39 is 12.1 Å². The predicted molar refractivity (Wildman–Crippen MR) is 320 cm³/mol. The molecule has 0 amide bonds. The highest BCUT2D eigenvalue weighted by atomic mass is 16.6. The van der Waals surface area contributed by atoms with E-state index in [0.717, 1.165) is 161 Å². The highest BCUT2D eigenvalue weighted by Gasteiger charge is 2.19. The number of rotatable bonds is 50. The summed E-state index contributed by atoms with van der Waals surface area (Å²) in [7, 11) is 0.